The molecule has 0 spiro atoms. The van der Waals surface area contributed by atoms with Crippen molar-refractivity contribution >= 4 is 5.52 Å². The van der Waals surface area contributed by atoms with Crippen LogP contribution in [0.2, 0.25) is 0 Å². The molecular formula is C11H15IN2. The molecule has 0 aliphatic carbocycles. The molecule has 0 aliphatic rings. The van der Waals surface area contributed by atoms with E-state index in [1.54, 1.807) is 0 Å². The van der Waals surface area contributed by atoms with E-state index in [2.05, 4.69) is 55.1 Å². The maximum atomic E-state index is 2.24. The zero-order valence-corrected chi connectivity index (χ0v) is 11.2. The summed E-state index contributed by atoms with van der Waals surface area (Å²) in [4.78, 5) is 0. The van der Waals surface area contributed by atoms with Crippen LogP contribution in [0.4, 0.5) is 0 Å². The van der Waals surface area contributed by atoms with Gasteiger partial charge in [-0.3, -0.25) is 0 Å². The van der Waals surface area contributed by atoms with Gasteiger partial charge in [0.25, 0.3) is 0 Å². The lowest BCUT2D eigenvalue weighted by Crippen LogP contribution is -3.00. The van der Waals surface area contributed by atoms with Crippen molar-refractivity contribution in [2.75, 3.05) is 0 Å². The smallest absolute Gasteiger partial charge is 0.202 e. The van der Waals surface area contributed by atoms with Crippen molar-refractivity contribution in [3.05, 3.63) is 35.4 Å². The van der Waals surface area contributed by atoms with Crippen LogP contribution in [0, 0.1) is 20.8 Å². The molecule has 76 valence electrons. The molecule has 2 rings (SSSR count). The number of fused-ring (bicyclic) bond motifs is 1. The maximum Gasteiger partial charge on any atom is 0.202 e. The van der Waals surface area contributed by atoms with E-state index in [0.29, 0.717) is 0 Å². The van der Waals surface area contributed by atoms with E-state index < -0.39 is 0 Å². The Bertz CT molecular complexity index is 472. The van der Waals surface area contributed by atoms with Gasteiger partial charge < -0.3 is 28.4 Å². The first-order chi connectivity index (χ1) is 6.11. The molecule has 2 aromatic heterocycles. The molecule has 0 N–H and O–H groups in total. The van der Waals surface area contributed by atoms with E-state index in [4.69, 9.17) is 0 Å². The predicted molar refractivity (Wildman–Crippen MR) is 52.8 cm³/mol. The Balaban J connectivity index is 0.000000980. The summed E-state index contributed by atoms with van der Waals surface area (Å²) in [6.07, 6.45) is 2.18. The van der Waals surface area contributed by atoms with Gasteiger partial charge in [-0.15, -0.1) is 0 Å². The van der Waals surface area contributed by atoms with Crippen LogP contribution in [0.5, 0.6) is 0 Å². The lowest BCUT2D eigenvalue weighted by molar-refractivity contribution is -0.683. The molecule has 14 heavy (non-hydrogen) atoms. The summed E-state index contributed by atoms with van der Waals surface area (Å²) < 4.78 is 4.46. The van der Waals surface area contributed by atoms with Crippen LogP contribution in [0.25, 0.3) is 5.52 Å². The highest BCUT2D eigenvalue weighted by Crippen LogP contribution is 2.11. The van der Waals surface area contributed by atoms with Gasteiger partial charge in [0.1, 0.15) is 12.6 Å². The molecule has 3 heteroatoms. The Hall–Kier alpha value is -0.580. The van der Waals surface area contributed by atoms with Crippen LogP contribution in [0.3, 0.4) is 0 Å². The Labute approximate surface area is 102 Å². The fraction of sp³-hybridized carbons (Fsp3) is 0.364. The van der Waals surface area contributed by atoms with E-state index in [0.717, 1.165) is 0 Å². The summed E-state index contributed by atoms with van der Waals surface area (Å²) in [5.41, 5.74) is 5.18. The molecule has 2 aromatic rings. The molecule has 0 aromatic carbocycles. The number of aryl methyl sites for hydroxylation is 3. The van der Waals surface area contributed by atoms with E-state index in [9.17, 15) is 0 Å². The van der Waals surface area contributed by atoms with Crippen LogP contribution >= 0.6 is 0 Å². The lowest BCUT2D eigenvalue weighted by Gasteiger charge is -2.02. The highest BCUT2D eigenvalue weighted by Gasteiger charge is 2.11. The van der Waals surface area contributed by atoms with Crippen molar-refractivity contribution in [3.8, 4) is 0 Å². The van der Waals surface area contributed by atoms with Gasteiger partial charge in [0.2, 0.25) is 5.69 Å². The molecule has 0 saturated heterocycles. The molecule has 0 fully saturated rings. The summed E-state index contributed by atoms with van der Waals surface area (Å²) in [5, 5.41) is 0. The standard InChI is InChI=1S/C11H15N2.HI/c1-8-5-6-11-10(3)12(4)9(2)7-13(8)11;/h5-7H,1-4H3;1H/q+1;/p-1. The van der Waals surface area contributed by atoms with Crippen molar-refractivity contribution in [1.29, 1.82) is 0 Å². The van der Waals surface area contributed by atoms with Gasteiger partial charge in [0, 0.05) is 19.5 Å². The van der Waals surface area contributed by atoms with Gasteiger partial charge in [-0.1, -0.05) is 0 Å². The maximum absolute atomic E-state index is 2.24. The van der Waals surface area contributed by atoms with Crippen LogP contribution in [0.15, 0.2) is 18.3 Å². The Morgan fingerprint density at radius 2 is 1.79 bits per heavy atom. The summed E-state index contributed by atoms with van der Waals surface area (Å²) in [6, 6.07) is 4.33. The third-order valence-electron chi connectivity index (χ3n) is 2.84. The topological polar surface area (TPSA) is 8.29 Å². The molecule has 0 unspecified atom stereocenters. The number of hydrogen-bond donors (Lipinski definition) is 0. The monoisotopic (exact) mass is 302 g/mol. The van der Waals surface area contributed by atoms with Crippen LogP contribution < -0.4 is 28.5 Å². The van der Waals surface area contributed by atoms with Crippen LogP contribution in [-0.2, 0) is 7.05 Å². The third-order valence-corrected chi connectivity index (χ3v) is 2.84. The highest BCUT2D eigenvalue weighted by molar-refractivity contribution is 5.51. The largest absolute Gasteiger partial charge is 1.00 e. The Morgan fingerprint density at radius 3 is 2.43 bits per heavy atom. The summed E-state index contributed by atoms with van der Waals surface area (Å²) >= 11 is 0. The predicted octanol–water partition coefficient (Wildman–Crippen LogP) is -1.31. The summed E-state index contributed by atoms with van der Waals surface area (Å²) in [7, 11) is 2.10. The van der Waals surface area contributed by atoms with Gasteiger partial charge in [-0.2, -0.15) is 4.57 Å². The Morgan fingerprint density at radius 1 is 1.14 bits per heavy atom. The van der Waals surface area contributed by atoms with E-state index in [1.165, 1.54) is 22.6 Å². The minimum Gasteiger partial charge on any atom is -1.00 e. The molecule has 2 heterocycles. The second-order valence-electron chi connectivity index (χ2n) is 3.64. The van der Waals surface area contributed by atoms with Gasteiger partial charge in [0.05, 0.1) is 6.20 Å². The van der Waals surface area contributed by atoms with Crippen LogP contribution in [-0.4, -0.2) is 4.40 Å². The first-order valence-electron chi connectivity index (χ1n) is 4.55. The second kappa shape index (κ2) is 3.88. The quantitative estimate of drug-likeness (QED) is 0.422. The van der Waals surface area contributed by atoms with Crippen molar-refractivity contribution in [1.82, 2.24) is 4.40 Å². The molecular weight excluding hydrogens is 287 g/mol. The number of aromatic nitrogens is 2. The van der Waals surface area contributed by atoms with Gasteiger partial charge in [-0.05, 0) is 19.1 Å². The van der Waals surface area contributed by atoms with Gasteiger partial charge >= 0.3 is 0 Å². The lowest BCUT2D eigenvalue weighted by atomic mass is 10.3. The molecule has 0 radical (unpaired) electrons. The molecule has 0 amide bonds. The fourth-order valence-corrected chi connectivity index (χ4v) is 1.73. The molecule has 0 saturated carbocycles. The third kappa shape index (κ3) is 1.54. The second-order valence-corrected chi connectivity index (χ2v) is 3.64. The average molecular weight is 302 g/mol. The zero-order chi connectivity index (χ0) is 9.59. The molecule has 0 aliphatic heterocycles. The van der Waals surface area contributed by atoms with Crippen molar-refractivity contribution in [3.63, 3.8) is 0 Å². The summed E-state index contributed by atoms with van der Waals surface area (Å²) in [6.45, 7) is 6.42. The fourth-order valence-electron chi connectivity index (χ4n) is 1.73. The van der Waals surface area contributed by atoms with E-state index >= 15 is 0 Å². The van der Waals surface area contributed by atoms with E-state index in [-0.39, 0.29) is 24.0 Å². The first-order valence-corrected chi connectivity index (χ1v) is 4.55. The Kier molecular flexibility index (Phi) is 3.19. The minimum atomic E-state index is 0. The number of rotatable bonds is 0. The number of nitrogens with zero attached hydrogens (tertiary/aromatic N) is 2. The molecule has 2 nitrogen and oxygen atoms in total. The zero-order valence-electron chi connectivity index (χ0n) is 9.00. The van der Waals surface area contributed by atoms with Crippen molar-refractivity contribution in [2.45, 2.75) is 20.8 Å². The van der Waals surface area contributed by atoms with Gasteiger partial charge in [0.15, 0.2) is 5.69 Å². The van der Waals surface area contributed by atoms with Crippen molar-refractivity contribution < 1.29 is 28.5 Å². The SMILES string of the molecule is Cc1ccc2c(C)[n+](C)c(C)cn12.[I-]. The molecule has 0 atom stereocenters. The van der Waals surface area contributed by atoms with E-state index in [1.807, 2.05) is 0 Å². The van der Waals surface area contributed by atoms with Crippen LogP contribution in [0.1, 0.15) is 17.1 Å². The molecule has 0 bridgehead atoms. The number of halogens is 1. The summed E-state index contributed by atoms with van der Waals surface area (Å²) in [5.74, 6) is 0. The normalized spacial score (nSPS) is 10.3. The highest BCUT2D eigenvalue weighted by atomic mass is 127. The van der Waals surface area contributed by atoms with Crippen molar-refractivity contribution in [2.24, 2.45) is 7.05 Å². The average Bonchev–Trinajstić information content (AvgIpc) is 2.45. The first kappa shape index (κ1) is 11.5. The number of hydrogen-bond acceptors (Lipinski definition) is 0. The minimum absolute atomic E-state index is 0. The van der Waals surface area contributed by atoms with Gasteiger partial charge in [-0.25, -0.2) is 0 Å².